The highest BCUT2D eigenvalue weighted by atomic mass is 16.5. The molecule has 0 bridgehead atoms. The van der Waals surface area contributed by atoms with Crippen LogP contribution in [0.5, 0.6) is 0 Å². The van der Waals surface area contributed by atoms with Gasteiger partial charge in [0.15, 0.2) is 11.9 Å². The van der Waals surface area contributed by atoms with Gasteiger partial charge < -0.3 is 14.6 Å². The Labute approximate surface area is 182 Å². The quantitative estimate of drug-likeness (QED) is 0.484. The second-order valence-electron chi connectivity index (χ2n) is 7.35. The summed E-state index contributed by atoms with van der Waals surface area (Å²) in [6, 6.07) is 12.7. The third-order valence-electron chi connectivity index (χ3n) is 5.01. The van der Waals surface area contributed by atoms with E-state index in [9.17, 15) is 19.2 Å². The topological polar surface area (TPSA) is 119 Å². The highest BCUT2D eigenvalue weighted by Gasteiger charge is 2.38. The van der Waals surface area contributed by atoms with Gasteiger partial charge in [-0.2, -0.15) is 0 Å². The summed E-state index contributed by atoms with van der Waals surface area (Å²) in [6.07, 6.45) is -1.13. The molecule has 1 aliphatic heterocycles. The number of hydrogen-bond acceptors (Lipinski definition) is 7. The Balaban J connectivity index is 1.51. The zero-order chi connectivity index (χ0) is 23.0. The van der Waals surface area contributed by atoms with Crippen molar-refractivity contribution >= 4 is 35.2 Å². The molecule has 162 valence electrons. The summed E-state index contributed by atoms with van der Waals surface area (Å²) in [5.41, 5.74) is 1.60. The second-order valence-corrected chi connectivity index (χ2v) is 7.35. The van der Waals surface area contributed by atoms with Crippen molar-refractivity contribution < 1.29 is 28.4 Å². The summed E-state index contributed by atoms with van der Waals surface area (Å²) < 4.78 is 10.1. The van der Waals surface area contributed by atoms with Gasteiger partial charge in [0.25, 0.3) is 17.7 Å². The normalized spacial score (nSPS) is 13.7. The van der Waals surface area contributed by atoms with E-state index in [2.05, 4.69) is 10.5 Å². The van der Waals surface area contributed by atoms with Crippen LogP contribution in [-0.2, 0) is 9.53 Å². The number of aryl methyl sites for hydroxylation is 2. The summed E-state index contributed by atoms with van der Waals surface area (Å²) >= 11 is 0. The molecule has 0 saturated heterocycles. The highest BCUT2D eigenvalue weighted by molar-refractivity contribution is 6.35. The average Bonchev–Trinajstić information content (AvgIpc) is 3.28. The fourth-order valence-corrected chi connectivity index (χ4v) is 3.34. The maximum atomic E-state index is 12.9. The Bertz CT molecular complexity index is 1260. The van der Waals surface area contributed by atoms with Crippen molar-refractivity contribution in [3.05, 3.63) is 76.5 Å². The SMILES string of the molecule is Cc1cc(NC(=O)[C@H](C)OC(=O)c2ccc3c(c2)C(=O)N(c2ccccc2C)C3=O)no1. The monoisotopic (exact) mass is 433 g/mol. The largest absolute Gasteiger partial charge is 0.449 e. The number of anilines is 2. The molecule has 1 aromatic heterocycles. The number of rotatable bonds is 5. The predicted octanol–water partition coefficient (Wildman–Crippen LogP) is 3.28. The molecule has 1 atom stereocenters. The first-order chi connectivity index (χ1) is 15.3. The number of carbonyl (C=O) groups is 4. The van der Waals surface area contributed by atoms with Gasteiger partial charge in [0, 0.05) is 6.07 Å². The molecule has 1 aliphatic rings. The smallest absolute Gasteiger partial charge is 0.338 e. The summed E-state index contributed by atoms with van der Waals surface area (Å²) in [4.78, 5) is 51.6. The van der Waals surface area contributed by atoms with E-state index in [0.29, 0.717) is 11.4 Å². The Kier molecular flexibility index (Phi) is 5.31. The summed E-state index contributed by atoms with van der Waals surface area (Å²) in [7, 11) is 0. The molecular formula is C23H19N3O6. The lowest BCUT2D eigenvalue weighted by molar-refractivity contribution is -0.123. The van der Waals surface area contributed by atoms with E-state index < -0.39 is 29.8 Å². The van der Waals surface area contributed by atoms with Crippen LogP contribution in [0.25, 0.3) is 0 Å². The molecule has 0 spiro atoms. The van der Waals surface area contributed by atoms with Crippen LogP contribution >= 0.6 is 0 Å². The van der Waals surface area contributed by atoms with Gasteiger partial charge in [-0.3, -0.25) is 14.4 Å². The number of aromatic nitrogens is 1. The average molecular weight is 433 g/mol. The number of benzene rings is 2. The van der Waals surface area contributed by atoms with Crippen LogP contribution in [-0.4, -0.2) is 35.0 Å². The van der Waals surface area contributed by atoms with E-state index in [4.69, 9.17) is 9.26 Å². The molecule has 4 rings (SSSR count). The molecule has 2 aromatic carbocycles. The first-order valence-electron chi connectivity index (χ1n) is 9.80. The number of amides is 3. The van der Waals surface area contributed by atoms with E-state index in [1.807, 2.05) is 6.07 Å². The van der Waals surface area contributed by atoms with Gasteiger partial charge in [-0.1, -0.05) is 23.4 Å². The van der Waals surface area contributed by atoms with Gasteiger partial charge in [0.1, 0.15) is 5.76 Å². The van der Waals surface area contributed by atoms with Crippen molar-refractivity contribution in [1.82, 2.24) is 5.16 Å². The summed E-state index contributed by atoms with van der Waals surface area (Å²) in [5, 5.41) is 6.12. The fourth-order valence-electron chi connectivity index (χ4n) is 3.34. The van der Waals surface area contributed by atoms with E-state index >= 15 is 0 Å². The number of esters is 1. The first kappa shape index (κ1) is 21.0. The number of ether oxygens (including phenoxy) is 1. The Morgan fingerprint density at radius 1 is 1.03 bits per heavy atom. The minimum absolute atomic E-state index is 0.0495. The van der Waals surface area contributed by atoms with Crippen molar-refractivity contribution in [3.63, 3.8) is 0 Å². The molecule has 0 fully saturated rings. The molecule has 0 unspecified atom stereocenters. The van der Waals surface area contributed by atoms with Gasteiger partial charge in [-0.25, -0.2) is 9.69 Å². The molecule has 32 heavy (non-hydrogen) atoms. The maximum Gasteiger partial charge on any atom is 0.338 e. The summed E-state index contributed by atoms with van der Waals surface area (Å²) in [6.45, 7) is 4.88. The molecule has 2 heterocycles. The molecule has 1 N–H and O–H groups in total. The van der Waals surface area contributed by atoms with Gasteiger partial charge in [-0.05, 0) is 50.6 Å². The second kappa shape index (κ2) is 8.10. The molecule has 9 heteroatoms. The number of hydrogen-bond donors (Lipinski definition) is 1. The van der Waals surface area contributed by atoms with Crippen molar-refractivity contribution in [2.24, 2.45) is 0 Å². The number of nitrogens with one attached hydrogen (secondary N) is 1. The van der Waals surface area contributed by atoms with Gasteiger partial charge in [0.2, 0.25) is 0 Å². The van der Waals surface area contributed by atoms with Crippen LogP contribution in [0.1, 0.15) is 49.3 Å². The van der Waals surface area contributed by atoms with Crippen LogP contribution in [0.2, 0.25) is 0 Å². The van der Waals surface area contributed by atoms with E-state index in [1.54, 1.807) is 32.0 Å². The third kappa shape index (κ3) is 3.76. The lowest BCUT2D eigenvalue weighted by Crippen LogP contribution is -2.30. The molecule has 3 amide bonds. The number of nitrogens with zero attached hydrogens (tertiary/aromatic N) is 2. The molecule has 0 saturated carbocycles. The molecule has 0 radical (unpaired) electrons. The minimum atomic E-state index is -1.13. The minimum Gasteiger partial charge on any atom is -0.449 e. The number of fused-ring (bicyclic) bond motifs is 1. The number of imide groups is 1. The molecule has 3 aromatic rings. The number of carbonyl (C=O) groups excluding carboxylic acids is 4. The van der Waals surface area contributed by atoms with Crippen molar-refractivity contribution in [2.45, 2.75) is 26.9 Å². The Morgan fingerprint density at radius 2 is 1.75 bits per heavy atom. The van der Waals surface area contributed by atoms with Gasteiger partial charge >= 0.3 is 5.97 Å². The highest BCUT2D eigenvalue weighted by Crippen LogP contribution is 2.31. The van der Waals surface area contributed by atoms with E-state index in [0.717, 1.165) is 10.5 Å². The zero-order valence-electron chi connectivity index (χ0n) is 17.5. The Morgan fingerprint density at radius 3 is 2.44 bits per heavy atom. The molecular weight excluding hydrogens is 414 g/mol. The van der Waals surface area contributed by atoms with E-state index in [-0.39, 0.29) is 22.5 Å². The standard InChI is InChI=1S/C23H19N3O6/c1-12-6-4-5-7-18(12)26-21(28)16-9-8-15(11-17(16)22(26)29)23(30)31-14(3)20(27)24-19-10-13(2)32-25-19/h4-11,14H,1-3H3,(H,24,25,27)/t14-/m0/s1. The van der Waals surface area contributed by atoms with Crippen molar-refractivity contribution in [3.8, 4) is 0 Å². The fraction of sp³-hybridized carbons (Fsp3) is 0.174. The molecule has 0 aliphatic carbocycles. The van der Waals surface area contributed by atoms with Crippen LogP contribution in [0, 0.1) is 13.8 Å². The third-order valence-corrected chi connectivity index (χ3v) is 5.01. The Hall–Kier alpha value is -4.27. The van der Waals surface area contributed by atoms with Crippen LogP contribution in [0.15, 0.2) is 53.1 Å². The van der Waals surface area contributed by atoms with Crippen LogP contribution < -0.4 is 10.2 Å². The molecule has 9 nitrogen and oxygen atoms in total. The van der Waals surface area contributed by atoms with Gasteiger partial charge in [0.05, 0.1) is 22.4 Å². The van der Waals surface area contributed by atoms with Crippen LogP contribution in [0.4, 0.5) is 11.5 Å². The lowest BCUT2D eigenvalue weighted by Gasteiger charge is -2.16. The van der Waals surface area contributed by atoms with E-state index in [1.165, 1.54) is 31.2 Å². The van der Waals surface area contributed by atoms with Crippen molar-refractivity contribution in [2.75, 3.05) is 10.2 Å². The first-order valence-corrected chi connectivity index (χ1v) is 9.80. The predicted molar refractivity (Wildman–Crippen MR) is 114 cm³/mol. The van der Waals surface area contributed by atoms with Crippen LogP contribution in [0.3, 0.4) is 0 Å². The zero-order valence-corrected chi connectivity index (χ0v) is 17.5. The van der Waals surface area contributed by atoms with Crippen molar-refractivity contribution in [1.29, 1.82) is 0 Å². The summed E-state index contributed by atoms with van der Waals surface area (Å²) in [5.74, 6) is -1.67. The number of para-hydroxylation sites is 1. The maximum absolute atomic E-state index is 12.9. The lowest BCUT2D eigenvalue weighted by atomic mass is 10.1. The van der Waals surface area contributed by atoms with Gasteiger partial charge in [-0.15, -0.1) is 0 Å².